The Labute approximate surface area is 266 Å². The molecule has 1 amide bonds. The highest BCUT2D eigenvalue weighted by molar-refractivity contribution is 5.81. The highest BCUT2D eigenvalue weighted by atomic mass is 16.6. The van der Waals surface area contributed by atoms with Gasteiger partial charge in [0.05, 0.1) is 48.2 Å². The van der Waals surface area contributed by atoms with Gasteiger partial charge in [-0.2, -0.15) is 10.3 Å². The lowest BCUT2D eigenvalue weighted by atomic mass is 9.83. The van der Waals surface area contributed by atoms with Crippen LogP contribution in [0.15, 0.2) is 76.9 Å². The SMILES string of the molecule is CC(C)(C)OC(=O)/N=C/C1CCC(COc2cnc(-c3cccc(Cn4c(=O)ccn5c6cc(C#N)ccc6nc45)c3)nc2)CC1. The molecule has 1 fully saturated rings. The van der Waals surface area contributed by atoms with E-state index in [1.165, 1.54) is 6.07 Å². The molecule has 5 aromatic rings. The number of benzene rings is 2. The van der Waals surface area contributed by atoms with Crippen LogP contribution in [0.2, 0.25) is 0 Å². The van der Waals surface area contributed by atoms with E-state index in [1.807, 2.05) is 49.4 Å². The molecule has 1 saturated carbocycles. The van der Waals surface area contributed by atoms with Crippen LogP contribution >= 0.6 is 0 Å². The van der Waals surface area contributed by atoms with Crippen LogP contribution in [0, 0.1) is 23.2 Å². The molecule has 0 spiro atoms. The fraction of sp³-hybridized carbons (Fsp3) is 0.343. The minimum atomic E-state index is -0.545. The van der Waals surface area contributed by atoms with Gasteiger partial charge in [-0.3, -0.25) is 13.8 Å². The molecule has 11 nitrogen and oxygen atoms in total. The van der Waals surface area contributed by atoms with Crippen LogP contribution in [0.25, 0.3) is 28.2 Å². The predicted molar refractivity (Wildman–Crippen MR) is 174 cm³/mol. The maximum atomic E-state index is 12.9. The third-order valence-electron chi connectivity index (χ3n) is 7.99. The summed E-state index contributed by atoms with van der Waals surface area (Å²) in [6.45, 7) is 6.37. The molecule has 0 bridgehead atoms. The van der Waals surface area contributed by atoms with Gasteiger partial charge in [0.25, 0.3) is 5.56 Å². The molecule has 0 aliphatic heterocycles. The van der Waals surface area contributed by atoms with E-state index < -0.39 is 11.7 Å². The molecule has 1 aliphatic carbocycles. The first-order valence-corrected chi connectivity index (χ1v) is 15.4. The second kappa shape index (κ2) is 12.9. The van der Waals surface area contributed by atoms with Crippen LogP contribution in [0.5, 0.6) is 5.75 Å². The summed E-state index contributed by atoms with van der Waals surface area (Å²) in [5, 5.41) is 9.31. The van der Waals surface area contributed by atoms with Gasteiger partial charge in [0.1, 0.15) is 5.60 Å². The average molecular weight is 618 g/mol. The Morgan fingerprint density at radius 3 is 2.61 bits per heavy atom. The van der Waals surface area contributed by atoms with Gasteiger partial charge < -0.3 is 9.47 Å². The number of ether oxygens (including phenoxy) is 2. The molecular formula is C35H35N7O4. The zero-order valence-corrected chi connectivity index (χ0v) is 26.1. The van der Waals surface area contributed by atoms with Crippen molar-refractivity contribution in [2.24, 2.45) is 16.8 Å². The first-order valence-electron chi connectivity index (χ1n) is 15.4. The lowest BCUT2D eigenvalue weighted by molar-refractivity contribution is 0.0604. The maximum absolute atomic E-state index is 12.9. The number of carbonyl (C=O) groups excluding carboxylic acids is 1. The van der Waals surface area contributed by atoms with Gasteiger partial charge in [0.2, 0.25) is 5.78 Å². The summed E-state index contributed by atoms with van der Waals surface area (Å²) in [6.07, 6.45) is 10.1. The number of nitriles is 1. The van der Waals surface area contributed by atoms with Crippen LogP contribution in [0.1, 0.15) is 57.6 Å². The van der Waals surface area contributed by atoms with E-state index in [4.69, 9.17) is 9.47 Å². The standard InChI is InChI=1S/C35H35N7O4/c1-35(2,3)46-34(44)39-18-23-7-9-24(10-8-23)22-45-28-19-37-32(38-20-28)27-6-4-5-26(15-27)21-42-31(43)13-14-41-30-16-25(17-36)11-12-29(30)40-33(41)42/h4-6,11-16,18-20,23-24H,7-10,21-22H2,1-3H3/b39-18+. The maximum Gasteiger partial charge on any atom is 0.433 e. The number of nitrogens with zero attached hydrogens (tertiary/aromatic N) is 7. The lowest BCUT2D eigenvalue weighted by Gasteiger charge is -2.26. The van der Waals surface area contributed by atoms with Crippen molar-refractivity contribution in [1.29, 1.82) is 5.26 Å². The molecule has 46 heavy (non-hydrogen) atoms. The average Bonchev–Trinajstić information content (AvgIpc) is 3.42. The fourth-order valence-electron chi connectivity index (χ4n) is 5.67. The van der Waals surface area contributed by atoms with E-state index in [-0.39, 0.29) is 11.5 Å². The molecule has 234 valence electrons. The smallest absolute Gasteiger partial charge is 0.433 e. The van der Waals surface area contributed by atoms with Crippen LogP contribution in [0.3, 0.4) is 0 Å². The lowest BCUT2D eigenvalue weighted by Crippen LogP contribution is -2.23. The van der Waals surface area contributed by atoms with Crippen LogP contribution in [-0.4, -0.2) is 48.4 Å². The van der Waals surface area contributed by atoms with Gasteiger partial charge in [-0.1, -0.05) is 18.2 Å². The molecule has 0 radical (unpaired) electrons. The molecule has 11 heteroatoms. The third kappa shape index (κ3) is 7.12. The first-order chi connectivity index (χ1) is 22.1. The van der Waals surface area contributed by atoms with E-state index in [1.54, 1.807) is 47.6 Å². The molecule has 2 aromatic carbocycles. The van der Waals surface area contributed by atoms with E-state index >= 15 is 0 Å². The summed E-state index contributed by atoms with van der Waals surface area (Å²) >= 11 is 0. The topological polar surface area (TPSA) is 137 Å². The second-order valence-corrected chi connectivity index (χ2v) is 12.6. The van der Waals surface area contributed by atoms with Crippen molar-refractivity contribution in [3.05, 3.63) is 88.6 Å². The number of aliphatic imine (C=N–C) groups is 1. The van der Waals surface area contributed by atoms with Crippen LogP contribution in [0.4, 0.5) is 4.79 Å². The number of hydrogen-bond acceptors (Lipinski definition) is 8. The van der Waals surface area contributed by atoms with Gasteiger partial charge in [0.15, 0.2) is 11.6 Å². The van der Waals surface area contributed by atoms with Crippen molar-refractivity contribution < 1.29 is 14.3 Å². The quantitative estimate of drug-likeness (QED) is 0.196. The first kappa shape index (κ1) is 30.6. The molecule has 3 heterocycles. The number of fused-ring (bicyclic) bond motifs is 3. The number of amides is 1. The van der Waals surface area contributed by atoms with E-state index in [9.17, 15) is 14.9 Å². The Balaban J connectivity index is 1.07. The minimum Gasteiger partial charge on any atom is -0.490 e. The van der Waals surface area contributed by atoms with Gasteiger partial charge >= 0.3 is 6.09 Å². The molecule has 0 unspecified atom stereocenters. The summed E-state index contributed by atoms with van der Waals surface area (Å²) in [7, 11) is 0. The third-order valence-corrected chi connectivity index (χ3v) is 7.99. The van der Waals surface area contributed by atoms with Crippen molar-refractivity contribution in [1.82, 2.24) is 23.9 Å². The van der Waals surface area contributed by atoms with Crippen molar-refractivity contribution in [3.63, 3.8) is 0 Å². The minimum absolute atomic E-state index is 0.172. The summed E-state index contributed by atoms with van der Waals surface area (Å²) in [6, 6.07) is 16.7. The number of imidazole rings is 1. The second-order valence-electron chi connectivity index (χ2n) is 12.6. The fourth-order valence-corrected chi connectivity index (χ4v) is 5.67. The van der Waals surface area contributed by atoms with Crippen molar-refractivity contribution in [2.75, 3.05) is 6.61 Å². The normalized spacial score (nSPS) is 16.9. The van der Waals surface area contributed by atoms with Crippen molar-refractivity contribution >= 4 is 29.1 Å². The van der Waals surface area contributed by atoms with Gasteiger partial charge in [-0.05, 0) is 88.1 Å². The monoisotopic (exact) mass is 617 g/mol. The summed E-state index contributed by atoms with van der Waals surface area (Å²) < 4.78 is 14.7. The Bertz CT molecular complexity index is 2010. The van der Waals surface area contributed by atoms with E-state index in [0.29, 0.717) is 47.5 Å². The molecular weight excluding hydrogens is 582 g/mol. The van der Waals surface area contributed by atoms with Gasteiger partial charge in [-0.15, -0.1) is 0 Å². The van der Waals surface area contributed by atoms with Gasteiger partial charge in [0, 0.05) is 24.0 Å². The van der Waals surface area contributed by atoms with Gasteiger partial charge in [-0.25, -0.2) is 19.7 Å². The van der Waals surface area contributed by atoms with Crippen molar-refractivity contribution in [2.45, 2.75) is 58.6 Å². The Morgan fingerprint density at radius 2 is 1.87 bits per heavy atom. The van der Waals surface area contributed by atoms with E-state index in [0.717, 1.165) is 42.3 Å². The largest absolute Gasteiger partial charge is 0.490 e. The molecule has 1 aliphatic rings. The summed E-state index contributed by atoms with van der Waals surface area (Å²) in [5.74, 6) is 2.35. The number of aromatic nitrogens is 5. The Morgan fingerprint density at radius 1 is 1.09 bits per heavy atom. The van der Waals surface area contributed by atoms with Crippen molar-refractivity contribution in [3.8, 4) is 23.2 Å². The highest BCUT2D eigenvalue weighted by Crippen LogP contribution is 2.29. The number of carbonyl (C=O) groups is 1. The highest BCUT2D eigenvalue weighted by Gasteiger charge is 2.22. The zero-order chi connectivity index (χ0) is 32.3. The molecule has 0 atom stereocenters. The molecule has 6 rings (SSSR count). The number of rotatable bonds is 7. The number of hydrogen-bond donors (Lipinski definition) is 0. The Kier molecular flexibility index (Phi) is 8.61. The predicted octanol–water partition coefficient (Wildman–Crippen LogP) is 6.22. The zero-order valence-electron chi connectivity index (χ0n) is 26.1. The summed E-state index contributed by atoms with van der Waals surface area (Å²) in [5.41, 5.74) is 3.01. The molecule has 0 N–H and O–H groups in total. The van der Waals surface area contributed by atoms with Crippen LogP contribution < -0.4 is 10.3 Å². The van der Waals surface area contributed by atoms with E-state index in [2.05, 4.69) is 26.0 Å². The molecule has 0 saturated heterocycles. The van der Waals surface area contributed by atoms with Crippen LogP contribution in [-0.2, 0) is 11.3 Å². The summed E-state index contributed by atoms with van der Waals surface area (Å²) in [4.78, 5) is 42.5. The molecule has 3 aromatic heterocycles. The Hall–Kier alpha value is -5.37.